The van der Waals surface area contributed by atoms with Gasteiger partial charge >= 0.3 is 6.18 Å². The molecule has 1 heterocycles. The third-order valence-corrected chi connectivity index (χ3v) is 4.41. The second-order valence-electron chi connectivity index (χ2n) is 5.54. The minimum Gasteiger partial charge on any atom is -0.494 e. The van der Waals surface area contributed by atoms with Crippen LogP contribution in [-0.2, 0) is 19.1 Å². The van der Waals surface area contributed by atoms with Crippen LogP contribution in [0.3, 0.4) is 0 Å². The molecule has 5 nitrogen and oxygen atoms in total. The Bertz CT molecular complexity index is 746. The van der Waals surface area contributed by atoms with Gasteiger partial charge in [-0.25, -0.2) is 9.98 Å². The number of aliphatic imine (C=N–C) groups is 1. The number of ether oxygens (including phenoxy) is 1. The average molecular weight is 400 g/mol. The van der Waals surface area contributed by atoms with Crippen molar-refractivity contribution in [3.8, 4) is 5.75 Å². The van der Waals surface area contributed by atoms with Gasteiger partial charge in [-0.05, 0) is 19.9 Å². The molecule has 0 radical (unpaired) electrons. The van der Waals surface area contributed by atoms with Crippen molar-refractivity contribution in [3.05, 3.63) is 45.9 Å². The number of hydrogen-bond acceptors (Lipinski definition) is 4. The van der Waals surface area contributed by atoms with Crippen LogP contribution in [0.15, 0.2) is 34.6 Å². The molecular weight excluding hydrogens is 377 g/mol. The van der Waals surface area contributed by atoms with Crippen LogP contribution in [0.5, 0.6) is 5.75 Å². The summed E-state index contributed by atoms with van der Waals surface area (Å²) in [4.78, 5) is 8.15. The van der Waals surface area contributed by atoms with Crippen LogP contribution in [0.25, 0.3) is 0 Å². The Hall–Kier alpha value is -2.29. The minimum absolute atomic E-state index is 0.390. The molecule has 0 saturated heterocycles. The first kappa shape index (κ1) is 21.0. The normalized spacial score (nSPS) is 12.1. The molecule has 148 valence electrons. The van der Waals surface area contributed by atoms with Crippen molar-refractivity contribution in [2.45, 2.75) is 33.0 Å². The number of aromatic nitrogens is 1. The van der Waals surface area contributed by atoms with Crippen LogP contribution in [0, 0.1) is 0 Å². The molecule has 1 aromatic carbocycles. The van der Waals surface area contributed by atoms with Crippen molar-refractivity contribution in [3.63, 3.8) is 0 Å². The largest absolute Gasteiger partial charge is 0.494 e. The molecule has 0 unspecified atom stereocenters. The van der Waals surface area contributed by atoms with Crippen LogP contribution in [0.4, 0.5) is 13.2 Å². The highest BCUT2D eigenvalue weighted by molar-refractivity contribution is 7.09. The summed E-state index contributed by atoms with van der Waals surface area (Å²) in [5.74, 6) is 1.39. The molecule has 0 aliphatic rings. The van der Waals surface area contributed by atoms with E-state index >= 15 is 0 Å². The van der Waals surface area contributed by atoms with Crippen molar-refractivity contribution >= 4 is 17.3 Å². The van der Waals surface area contributed by atoms with Crippen molar-refractivity contribution in [1.82, 2.24) is 15.6 Å². The highest BCUT2D eigenvalue weighted by atomic mass is 32.1. The number of nitrogens with one attached hydrogen (secondary N) is 2. The first-order chi connectivity index (χ1) is 12.9. The topological polar surface area (TPSA) is 58.5 Å². The van der Waals surface area contributed by atoms with Gasteiger partial charge in [-0.15, -0.1) is 11.3 Å². The lowest BCUT2D eigenvalue weighted by Crippen LogP contribution is -2.38. The number of alkyl halides is 3. The highest BCUT2D eigenvalue weighted by Crippen LogP contribution is 2.30. The summed E-state index contributed by atoms with van der Waals surface area (Å²) >= 11 is 1.01. The predicted octanol–water partition coefficient (Wildman–Crippen LogP) is 3.86. The Morgan fingerprint density at radius 2 is 2.00 bits per heavy atom. The molecule has 2 aromatic rings. The predicted molar refractivity (Wildman–Crippen MR) is 101 cm³/mol. The van der Waals surface area contributed by atoms with Gasteiger partial charge in [0.15, 0.2) is 11.7 Å². The van der Waals surface area contributed by atoms with Gasteiger partial charge in [0, 0.05) is 30.5 Å². The van der Waals surface area contributed by atoms with Crippen LogP contribution in [-0.4, -0.2) is 30.6 Å². The third kappa shape index (κ3) is 6.74. The van der Waals surface area contributed by atoms with E-state index in [0.717, 1.165) is 28.0 Å². The molecule has 0 amide bonds. The summed E-state index contributed by atoms with van der Waals surface area (Å²) in [5.41, 5.74) is 0.127. The smallest absolute Gasteiger partial charge is 0.434 e. The number of halogens is 3. The number of nitrogens with zero attached hydrogens (tertiary/aromatic N) is 2. The number of para-hydroxylation sites is 1. The molecule has 27 heavy (non-hydrogen) atoms. The Morgan fingerprint density at radius 3 is 2.67 bits per heavy atom. The molecule has 0 atom stereocenters. The summed E-state index contributed by atoms with van der Waals surface area (Å²) in [6.45, 7) is 5.99. The number of rotatable bonds is 8. The second kappa shape index (κ2) is 10.1. The van der Waals surface area contributed by atoms with Gasteiger partial charge < -0.3 is 15.4 Å². The fourth-order valence-electron chi connectivity index (χ4n) is 2.28. The lowest BCUT2D eigenvalue weighted by molar-refractivity contribution is -0.140. The monoisotopic (exact) mass is 400 g/mol. The van der Waals surface area contributed by atoms with E-state index in [1.807, 2.05) is 38.1 Å². The standard InChI is InChI=1S/C18H23F3N4OS/c1-3-22-17(24-11-13-7-5-6-8-14(13)26-4-2)23-10-9-16-25-15(12-27-16)18(19,20)21/h5-8,12H,3-4,9-11H2,1-2H3,(H2,22,23,24). The molecule has 0 spiro atoms. The zero-order valence-electron chi connectivity index (χ0n) is 15.3. The van der Waals surface area contributed by atoms with Gasteiger partial charge in [-0.1, -0.05) is 18.2 Å². The van der Waals surface area contributed by atoms with E-state index in [-0.39, 0.29) is 0 Å². The summed E-state index contributed by atoms with van der Waals surface area (Å²) < 4.78 is 43.4. The third-order valence-electron chi connectivity index (χ3n) is 3.50. The van der Waals surface area contributed by atoms with Crippen LogP contribution in [0.2, 0.25) is 0 Å². The van der Waals surface area contributed by atoms with Gasteiger partial charge in [0.05, 0.1) is 18.2 Å². The van der Waals surface area contributed by atoms with Gasteiger partial charge in [-0.2, -0.15) is 13.2 Å². The van der Waals surface area contributed by atoms with E-state index in [2.05, 4.69) is 20.6 Å². The lowest BCUT2D eigenvalue weighted by atomic mass is 10.2. The Kier molecular flexibility index (Phi) is 7.90. The molecule has 0 aliphatic heterocycles. The fourth-order valence-corrected chi connectivity index (χ4v) is 3.09. The SMILES string of the molecule is CCNC(=NCc1ccccc1OCC)NCCc1nc(C(F)(F)F)cs1. The molecule has 0 bridgehead atoms. The zero-order chi connectivity index (χ0) is 19.7. The molecule has 1 aromatic heterocycles. The Labute approximate surface area is 160 Å². The van der Waals surface area contributed by atoms with E-state index in [4.69, 9.17) is 4.74 Å². The maximum atomic E-state index is 12.6. The number of hydrogen-bond donors (Lipinski definition) is 2. The molecule has 9 heteroatoms. The van der Waals surface area contributed by atoms with Gasteiger partial charge in [-0.3, -0.25) is 0 Å². The lowest BCUT2D eigenvalue weighted by Gasteiger charge is -2.12. The first-order valence-electron chi connectivity index (χ1n) is 8.68. The van der Waals surface area contributed by atoms with Gasteiger partial charge in [0.1, 0.15) is 5.75 Å². The van der Waals surface area contributed by atoms with E-state index in [1.165, 1.54) is 0 Å². The zero-order valence-corrected chi connectivity index (χ0v) is 16.1. The van der Waals surface area contributed by atoms with Crippen LogP contribution >= 0.6 is 11.3 Å². The Morgan fingerprint density at radius 1 is 1.22 bits per heavy atom. The van der Waals surface area contributed by atoms with Crippen molar-refractivity contribution in [1.29, 1.82) is 0 Å². The molecule has 0 aliphatic carbocycles. The van der Waals surface area contributed by atoms with Crippen LogP contribution in [0.1, 0.15) is 30.1 Å². The minimum atomic E-state index is -4.40. The maximum absolute atomic E-state index is 12.6. The summed E-state index contributed by atoms with van der Waals surface area (Å²) in [6, 6.07) is 7.68. The van der Waals surface area contributed by atoms with E-state index < -0.39 is 11.9 Å². The van der Waals surface area contributed by atoms with E-state index in [1.54, 1.807) is 0 Å². The fraction of sp³-hybridized carbons (Fsp3) is 0.444. The van der Waals surface area contributed by atoms with E-state index in [0.29, 0.717) is 43.6 Å². The molecular formula is C18H23F3N4OS. The molecule has 0 fully saturated rings. The second-order valence-corrected chi connectivity index (χ2v) is 6.48. The molecule has 2 rings (SSSR count). The van der Waals surface area contributed by atoms with Gasteiger partial charge in [0.25, 0.3) is 0 Å². The quantitative estimate of drug-likeness (QED) is 0.522. The van der Waals surface area contributed by atoms with Crippen LogP contribution < -0.4 is 15.4 Å². The maximum Gasteiger partial charge on any atom is 0.434 e. The van der Waals surface area contributed by atoms with E-state index in [9.17, 15) is 13.2 Å². The highest BCUT2D eigenvalue weighted by Gasteiger charge is 2.33. The summed E-state index contributed by atoms with van der Waals surface area (Å²) in [6.07, 6.45) is -4.01. The first-order valence-corrected chi connectivity index (χ1v) is 9.56. The van der Waals surface area contributed by atoms with Crippen molar-refractivity contribution in [2.75, 3.05) is 19.7 Å². The number of benzene rings is 1. The number of thiazole rings is 1. The Balaban J connectivity index is 1.93. The summed E-state index contributed by atoms with van der Waals surface area (Å²) in [7, 11) is 0. The van der Waals surface area contributed by atoms with Gasteiger partial charge in [0.2, 0.25) is 0 Å². The average Bonchev–Trinajstić information content (AvgIpc) is 3.10. The molecule has 0 saturated carbocycles. The molecule has 2 N–H and O–H groups in total. The number of guanidine groups is 1. The summed E-state index contributed by atoms with van der Waals surface area (Å²) in [5, 5.41) is 7.72. The van der Waals surface area contributed by atoms with Crippen molar-refractivity contribution in [2.24, 2.45) is 4.99 Å². The van der Waals surface area contributed by atoms with Crippen molar-refractivity contribution < 1.29 is 17.9 Å².